The molecule has 5 nitrogen and oxygen atoms in total. The number of nitrogens with one attached hydrogen (secondary N) is 1. The zero-order valence-electron chi connectivity index (χ0n) is 12.2. The first-order valence-corrected chi connectivity index (χ1v) is 8.74. The number of halogens is 4. The molecule has 2 heterocycles. The number of nitrogens with zero attached hydrogens (tertiary/aromatic N) is 3. The quantitative estimate of drug-likeness (QED) is 0.591. The lowest BCUT2D eigenvalue weighted by Crippen LogP contribution is -2.04. The van der Waals surface area contributed by atoms with E-state index in [2.05, 4.69) is 19.7 Å². The molecule has 11 heteroatoms. The highest BCUT2D eigenvalue weighted by atomic mass is 35.5. The van der Waals surface area contributed by atoms with Crippen LogP contribution in [0.2, 0.25) is 5.02 Å². The minimum atomic E-state index is -4.38. The molecule has 3 rings (SSSR count). The Morgan fingerprint density at radius 3 is 2.64 bits per heavy atom. The molecular formula is C14H9ClF3N5S2. The largest absolute Gasteiger partial charge is 0.461 e. The van der Waals surface area contributed by atoms with E-state index < -0.39 is 5.51 Å². The van der Waals surface area contributed by atoms with Gasteiger partial charge in [-0.05, 0) is 24.3 Å². The van der Waals surface area contributed by atoms with Gasteiger partial charge in [0.15, 0.2) is 0 Å². The van der Waals surface area contributed by atoms with E-state index in [4.69, 9.17) is 17.3 Å². The third kappa shape index (κ3) is 4.53. The van der Waals surface area contributed by atoms with Gasteiger partial charge in [-0.3, -0.25) is 0 Å². The molecule has 0 saturated heterocycles. The van der Waals surface area contributed by atoms with E-state index >= 15 is 0 Å². The maximum absolute atomic E-state index is 12.2. The van der Waals surface area contributed by atoms with Gasteiger partial charge in [0.05, 0.1) is 22.7 Å². The summed E-state index contributed by atoms with van der Waals surface area (Å²) in [6.45, 7) is 0. The molecule has 3 N–H and O–H groups in total. The maximum Gasteiger partial charge on any atom is 0.461 e. The number of hydrogen-bond acceptors (Lipinski definition) is 7. The topological polar surface area (TPSA) is 76.7 Å². The van der Waals surface area contributed by atoms with E-state index in [0.717, 1.165) is 0 Å². The van der Waals surface area contributed by atoms with Crippen LogP contribution >= 0.6 is 34.9 Å². The van der Waals surface area contributed by atoms with Crippen LogP contribution in [0.5, 0.6) is 0 Å². The smallest absolute Gasteiger partial charge is 0.368 e. The molecule has 0 saturated carbocycles. The molecular weight excluding hydrogens is 395 g/mol. The molecule has 0 aliphatic rings. The average molecular weight is 404 g/mol. The fraction of sp³-hybridized carbons (Fsp3) is 0.0714. The third-order valence-electron chi connectivity index (χ3n) is 2.93. The van der Waals surface area contributed by atoms with Crippen LogP contribution < -0.4 is 10.5 Å². The molecule has 1 aromatic carbocycles. The molecule has 0 unspecified atom stereocenters. The number of nitrogens with two attached hydrogens (primary N) is 1. The fourth-order valence-electron chi connectivity index (χ4n) is 1.91. The SMILES string of the molecule is Nc1nccc(-c2nc(-c3ccc(NSC(F)(F)F)cc3Cl)cs2)n1. The van der Waals surface area contributed by atoms with Crippen LogP contribution in [-0.2, 0) is 0 Å². The van der Waals surface area contributed by atoms with Crippen molar-refractivity contribution in [1.82, 2.24) is 15.0 Å². The Morgan fingerprint density at radius 1 is 1.16 bits per heavy atom. The van der Waals surface area contributed by atoms with Crippen molar-refractivity contribution in [3.8, 4) is 22.0 Å². The normalized spacial score (nSPS) is 11.5. The van der Waals surface area contributed by atoms with Gasteiger partial charge >= 0.3 is 5.51 Å². The first-order chi connectivity index (χ1) is 11.8. The lowest BCUT2D eigenvalue weighted by molar-refractivity contribution is -0.0323. The molecule has 0 atom stereocenters. The number of thiazole rings is 1. The molecule has 0 bridgehead atoms. The second kappa shape index (κ2) is 7.06. The molecule has 130 valence electrons. The van der Waals surface area contributed by atoms with E-state index in [1.807, 2.05) is 0 Å². The monoisotopic (exact) mass is 403 g/mol. The van der Waals surface area contributed by atoms with Gasteiger partial charge in [-0.15, -0.1) is 11.3 Å². The average Bonchev–Trinajstić information content (AvgIpc) is 3.02. The molecule has 0 fully saturated rings. The van der Waals surface area contributed by atoms with Gasteiger partial charge in [0, 0.05) is 22.8 Å². The number of anilines is 2. The Morgan fingerprint density at radius 2 is 1.96 bits per heavy atom. The van der Waals surface area contributed by atoms with Crippen molar-refractivity contribution in [3.05, 3.63) is 40.9 Å². The number of aromatic nitrogens is 3. The summed E-state index contributed by atoms with van der Waals surface area (Å²) < 4.78 is 38.9. The fourth-order valence-corrected chi connectivity index (χ4v) is 3.34. The predicted octanol–water partition coefficient (Wildman–Crippen LogP) is 5.08. The van der Waals surface area contributed by atoms with Crippen LogP contribution in [0, 0.1) is 0 Å². The summed E-state index contributed by atoms with van der Waals surface area (Å²) in [4.78, 5) is 12.4. The highest BCUT2D eigenvalue weighted by Gasteiger charge is 2.29. The predicted molar refractivity (Wildman–Crippen MR) is 95.3 cm³/mol. The van der Waals surface area contributed by atoms with E-state index in [0.29, 0.717) is 22.0 Å². The van der Waals surface area contributed by atoms with E-state index in [9.17, 15) is 13.2 Å². The van der Waals surface area contributed by atoms with Gasteiger partial charge in [-0.1, -0.05) is 11.6 Å². The van der Waals surface area contributed by atoms with Gasteiger partial charge in [-0.25, -0.2) is 15.0 Å². The summed E-state index contributed by atoms with van der Waals surface area (Å²) in [5, 5.41) is 2.70. The summed E-state index contributed by atoms with van der Waals surface area (Å²) in [7, 11) is 0. The maximum atomic E-state index is 12.2. The van der Waals surface area contributed by atoms with Crippen molar-refractivity contribution < 1.29 is 13.2 Å². The van der Waals surface area contributed by atoms with Crippen LogP contribution in [0.3, 0.4) is 0 Å². The molecule has 25 heavy (non-hydrogen) atoms. The number of benzene rings is 1. The molecule has 2 aromatic heterocycles. The molecule has 0 aliphatic carbocycles. The summed E-state index contributed by atoms with van der Waals surface area (Å²) in [5.74, 6) is 0.143. The highest BCUT2D eigenvalue weighted by Crippen LogP contribution is 2.36. The van der Waals surface area contributed by atoms with Gasteiger partial charge in [0.1, 0.15) is 10.7 Å². The van der Waals surface area contributed by atoms with Crippen molar-refractivity contribution >= 4 is 46.5 Å². The lowest BCUT2D eigenvalue weighted by Gasteiger charge is -2.09. The van der Waals surface area contributed by atoms with Crippen LogP contribution in [-0.4, -0.2) is 20.5 Å². The Balaban J connectivity index is 1.83. The highest BCUT2D eigenvalue weighted by molar-refractivity contribution is 8.01. The number of hydrogen-bond donors (Lipinski definition) is 2. The van der Waals surface area contributed by atoms with E-state index in [-0.39, 0.29) is 28.6 Å². The van der Waals surface area contributed by atoms with Crippen molar-refractivity contribution in [2.24, 2.45) is 0 Å². The molecule has 0 spiro atoms. The second-order valence-electron chi connectivity index (χ2n) is 4.68. The third-order valence-corrected chi connectivity index (χ3v) is 4.67. The Labute approximate surface area is 153 Å². The van der Waals surface area contributed by atoms with Crippen molar-refractivity contribution in [2.45, 2.75) is 5.51 Å². The number of rotatable bonds is 4. The second-order valence-corrected chi connectivity index (χ2v) is 6.82. The summed E-state index contributed by atoms with van der Waals surface area (Å²) in [5.41, 5.74) is 3.21. The molecule has 0 radical (unpaired) electrons. The lowest BCUT2D eigenvalue weighted by atomic mass is 10.1. The van der Waals surface area contributed by atoms with Gasteiger partial charge in [0.25, 0.3) is 0 Å². The first-order valence-electron chi connectivity index (χ1n) is 6.67. The van der Waals surface area contributed by atoms with Gasteiger partial charge in [0.2, 0.25) is 5.95 Å². The zero-order chi connectivity index (χ0) is 18.0. The number of alkyl halides is 3. The summed E-state index contributed by atoms with van der Waals surface area (Å²) in [6, 6.07) is 6.20. The van der Waals surface area contributed by atoms with Crippen LogP contribution in [0.4, 0.5) is 24.8 Å². The van der Waals surface area contributed by atoms with E-state index in [1.165, 1.54) is 29.7 Å². The Bertz CT molecular complexity index is 900. The summed E-state index contributed by atoms with van der Waals surface area (Å²) in [6.07, 6.45) is 1.53. The number of nitrogen functional groups attached to an aromatic ring is 1. The molecule has 3 aromatic rings. The Kier molecular flexibility index (Phi) is 5.02. The molecule has 0 aliphatic heterocycles. The van der Waals surface area contributed by atoms with Crippen molar-refractivity contribution in [1.29, 1.82) is 0 Å². The van der Waals surface area contributed by atoms with Crippen LogP contribution in [0.1, 0.15) is 0 Å². The Hall–Kier alpha value is -2.04. The van der Waals surface area contributed by atoms with Crippen molar-refractivity contribution in [2.75, 3.05) is 10.5 Å². The van der Waals surface area contributed by atoms with Crippen LogP contribution in [0.15, 0.2) is 35.8 Å². The van der Waals surface area contributed by atoms with Crippen LogP contribution in [0.25, 0.3) is 22.0 Å². The van der Waals surface area contributed by atoms with Crippen molar-refractivity contribution in [3.63, 3.8) is 0 Å². The van der Waals surface area contributed by atoms with Gasteiger partial charge in [-0.2, -0.15) is 13.2 Å². The first kappa shape index (κ1) is 17.8. The van der Waals surface area contributed by atoms with Gasteiger partial charge < -0.3 is 10.5 Å². The van der Waals surface area contributed by atoms with E-state index in [1.54, 1.807) is 17.5 Å². The minimum absolute atomic E-state index is 0.143. The molecule has 0 amide bonds. The zero-order valence-corrected chi connectivity index (χ0v) is 14.6. The standard InChI is InChI=1S/C14H9ClF3N5S2/c15-9-5-7(23-25-14(16,17)18)1-2-8(9)11-6-24-12(21-11)10-3-4-20-13(19)22-10/h1-6,23H,(H2,19,20,22). The summed E-state index contributed by atoms with van der Waals surface area (Å²) >= 11 is 7.18. The minimum Gasteiger partial charge on any atom is -0.368 e.